The van der Waals surface area contributed by atoms with Crippen LogP contribution in [0.4, 0.5) is 0 Å². The molecule has 2 saturated heterocycles. The summed E-state index contributed by atoms with van der Waals surface area (Å²) in [6, 6.07) is 0. The molecule has 0 radical (unpaired) electrons. The number of hydrogen-bond donors (Lipinski definition) is 8. The average molecular weight is 342 g/mol. The van der Waals surface area contributed by atoms with E-state index in [-0.39, 0.29) is 0 Å². The minimum Gasteiger partial charge on any atom is -0.394 e. The number of rotatable bonds is 4. The van der Waals surface area contributed by atoms with E-state index < -0.39 is 74.6 Å². The highest BCUT2D eigenvalue weighted by atomic mass is 16.7. The number of hydrogen-bond acceptors (Lipinski definition) is 11. The zero-order valence-corrected chi connectivity index (χ0v) is 12.0. The molecule has 2 fully saturated rings. The van der Waals surface area contributed by atoms with Crippen LogP contribution < -0.4 is 0 Å². The van der Waals surface area contributed by atoms with Crippen LogP contribution in [0.2, 0.25) is 0 Å². The third-order valence-corrected chi connectivity index (χ3v) is 3.98. The summed E-state index contributed by atoms with van der Waals surface area (Å²) in [7, 11) is 0. The first-order valence-electron chi connectivity index (χ1n) is 7.08. The fraction of sp³-hybridized carbons (Fsp3) is 1.00. The Balaban J connectivity index is 2.11. The van der Waals surface area contributed by atoms with Crippen molar-refractivity contribution >= 4 is 0 Å². The third kappa shape index (κ3) is 3.65. The third-order valence-electron chi connectivity index (χ3n) is 3.98. The van der Waals surface area contributed by atoms with Crippen LogP contribution in [0.3, 0.4) is 0 Å². The molecule has 136 valence electrons. The first-order valence-corrected chi connectivity index (χ1v) is 7.08. The van der Waals surface area contributed by atoms with Gasteiger partial charge in [-0.05, 0) is 0 Å². The number of ether oxygens (including phenoxy) is 3. The standard InChI is InChI=1S/C12H22O11/c13-1-3-5(15)6(16)9(19)12(22-3)23-10-4(2-14)21-11(20)8(18)7(10)17/h3-20H,1-2H2/t3-,4-,5+,6+,7+,8-,9+,10+,11+,12-/m0/s1. The van der Waals surface area contributed by atoms with Crippen LogP contribution in [0, 0.1) is 0 Å². The maximum atomic E-state index is 9.94. The van der Waals surface area contributed by atoms with Crippen molar-refractivity contribution in [1.82, 2.24) is 0 Å². The van der Waals surface area contributed by atoms with Crippen molar-refractivity contribution in [3.05, 3.63) is 0 Å². The van der Waals surface area contributed by atoms with E-state index in [1.165, 1.54) is 0 Å². The minimum atomic E-state index is -1.74. The van der Waals surface area contributed by atoms with Gasteiger partial charge in [0.2, 0.25) is 0 Å². The lowest BCUT2D eigenvalue weighted by Crippen LogP contribution is -2.64. The van der Waals surface area contributed by atoms with Gasteiger partial charge >= 0.3 is 0 Å². The Morgan fingerprint density at radius 2 is 1.26 bits per heavy atom. The van der Waals surface area contributed by atoms with Crippen LogP contribution >= 0.6 is 0 Å². The van der Waals surface area contributed by atoms with Crippen LogP contribution in [-0.4, -0.2) is 115 Å². The van der Waals surface area contributed by atoms with Crippen LogP contribution in [-0.2, 0) is 14.2 Å². The molecule has 0 spiro atoms. The lowest BCUT2D eigenvalue weighted by Gasteiger charge is -2.45. The molecule has 2 aliphatic rings. The van der Waals surface area contributed by atoms with Gasteiger partial charge in [-0.15, -0.1) is 0 Å². The van der Waals surface area contributed by atoms with Crippen molar-refractivity contribution in [3.8, 4) is 0 Å². The molecule has 11 heteroatoms. The summed E-state index contributed by atoms with van der Waals surface area (Å²) in [5, 5.41) is 76.5. The highest BCUT2D eigenvalue weighted by molar-refractivity contribution is 4.93. The van der Waals surface area contributed by atoms with Gasteiger partial charge in [-0.25, -0.2) is 0 Å². The maximum Gasteiger partial charge on any atom is 0.187 e. The Bertz CT molecular complexity index is 378. The zero-order valence-electron chi connectivity index (χ0n) is 12.0. The molecule has 0 bridgehead atoms. The van der Waals surface area contributed by atoms with E-state index in [2.05, 4.69) is 0 Å². The van der Waals surface area contributed by atoms with E-state index in [1.807, 2.05) is 0 Å². The van der Waals surface area contributed by atoms with E-state index in [9.17, 15) is 35.7 Å². The molecule has 8 N–H and O–H groups in total. The minimum absolute atomic E-state index is 0.667. The van der Waals surface area contributed by atoms with Gasteiger partial charge in [-0.2, -0.15) is 0 Å². The molecule has 23 heavy (non-hydrogen) atoms. The maximum absolute atomic E-state index is 9.94. The second-order valence-corrected chi connectivity index (χ2v) is 5.53. The van der Waals surface area contributed by atoms with Crippen LogP contribution in [0.25, 0.3) is 0 Å². The second-order valence-electron chi connectivity index (χ2n) is 5.53. The fourth-order valence-electron chi connectivity index (χ4n) is 2.57. The van der Waals surface area contributed by atoms with E-state index in [0.717, 1.165) is 0 Å². The zero-order chi connectivity index (χ0) is 17.3. The summed E-state index contributed by atoms with van der Waals surface area (Å²) in [5.41, 5.74) is 0. The van der Waals surface area contributed by atoms with Gasteiger partial charge < -0.3 is 55.1 Å². The average Bonchev–Trinajstić information content (AvgIpc) is 2.55. The summed E-state index contributed by atoms with van der Waals surface area (Å²) in [5.74, 6) is 0. The van der Waals surface area contributed by atoms with E-state index in [4.69, 9.17) is 19.3 Å². The van der Waals surface area contributed by atoms with Crippen LogP contribution in [0.15, 0.2) is 0 Å². The molecule has 2 aliphatic heterocycles. The van der Waals surface area contributed by atoms with Gasteiger partial charge in [0.15, 0.2) is 12.6 Å². The predicted molar refractivity (Wildman–Crippen MR) is 68.6 cm³/mol. The first-order chi connectivity index (χ1) is 10.8. The van der Waals surface area contributed by atoms with E-state index in [1.54, 1.807) is 0 Å². The Kier molecular flexibility index (Phi) is 6.27. The summed E-state index contributed by atoms with van der Waals surface area (Å²) in [6.07, 6.45) is -15.6. The largest absolute Gasteiger partial charge is 0.394 e. The molecular weight excluding hydrogens is 320 g/mol. The molecule has 0 aliphatic carbocycles. The van der Waals surface area contributed by atoms with Gasteiger partial charge in [-0.1, -0.05) is 0 Å². The number of aliphatic hydroxyl groups excluding tert-OH is 8. The van der Waals surface area contributed by atoms with Gasteiger partial charge in [0, 0.05) is 0 Å². The molecular formula is C12H22O11. The number of aliphatic hydroxyl groups is 8. The molecule has 0 aromatic carbocycles. The first kappa shape index (κ1) is 18.9. The smallest absolute Gasteiger partial charge is 0.187 e. The molecule has 0 amide bonds. The van der Waals surface area contributed by atoms with Crippen molar-refractivity contribution in [2.75, 3.05) is 13.2 Å². The van der Waals surface area contributed by atoms with E-state index >= 15 is 0 Å². The monoisotopic (exact) mass is 342 g/mol. The van der Waals surface area contributed by atoms with Crippen molar-refractivity contribution in [2.45, 2.75) is 61.4 Å². The quantitative estimate of drug-likeness (QED) is 0.243. The summed E-state index contributed by atoms with van der Waals surface area (Å²) in [6.45, 7) is -1.35. The Hall–Kier alpha value is -0.440. The van der Waals surface area contributed by atoms with Gasteiger partial charge in [0.25, 0.3) is 0 Å². The highest BCUT2D eigenvalue weighted by Gasteiger charge is 2.50. The molecule has 11 nitrogen and oxygen atoms in total. The van der Waals surface area contributed by atoms with Gasteiger partial charge in [0.1, 0.15) is 48.8 Å². The molecule has 2 rings (SSSR count). The summed E-state index contributed by atoms with van der Waals surface area (Å²) < 4.78 is 15.3. The van der Waals surface area contributed by atoms with Crippen LogP contribution in [0.1, 0.15) is 0 Å². The Morgan fingerprint density at radius 3 is 1.83 bits per heavy atom. The normalized spacial score (nSPS) is 51.7. The molecule has 0 aromatic heterocycles. The second kappa shape index (κ2) is 7.63. The Morgan fingerprint density at radius 1 is 0.652 bits per heavy atom. The lowest BCUT2D eigenvalue weighted by molar-refractivity contribution is -0.355. The van der Waals surface area contributed by atoms with Crippen molar-refractivity contribution < 1.29 is 55.1 Å². The summed E-state index contributed by atoms with van der Waals surface area (Å²) >= 11 is 0. The highest BCUT2D eigenvalue weighted by Crippen LogP contribution is 2.28. The van der Waals surface area contributed by atoms with Crippen LogP contribution in [0.5, 0.6) is 0 Å². The predicted octanol–water partition coefficient (Wildman–Crippen LogP) is -5.40. The van der Waals surface area contributed by atoms with Gasteiger partial charge in [-0.3, -0.25) is 0 Å². The molecule has 0 aromatic rings. The SMILES string of the molecule is OC[C@@H]1O[C@@H](O[C@H]2[C@H](O)[C@H](O)[C@H](O)O[C@H]2CO)[C@H](O)[C@H](O)[C@@H]1O. The fourth-order valence-corrected chi connectivity index (χ4v) is 2.57. The van der Waals surface area contributed by atoms with Crippen molar-refractivity contribution in [3.63, 3.8) is 0 Å². The lowest BCUT2D eigenvalue weighted by atomic mass is 9.97. The molecule has 0 saturated carbocycles. The molecule has 2 heterocycles. The molecule has 0 unspecified atom stereocenters. The van der Waals surface area contributed by atoms with Crippen molar-refractivity contribution in [2.24, 2.45) is 0 Å². The van der Waals surface area contributed by atoms with Crippen molar-refractivity contribution in [1.29, 1.82) is 0 Å². The Labute approximate surface area is 130 Å². The van der Waals surface area contributed by atoms with E-state index in [0.29, 0.717) is 0 Å². The molecule has 10 atom stereocenters. The summed E-state index contributed by atoms with van der Waals surface area (Å²) in [4.78, 5) is 0. The topological polar surface area (TPSA) is 190 Å². The van der Waals surface area contributed by atoms with Gasteiger partial charge in [0.05, 0.1) is 13.2 Å².